The summed E-state index contributed by atoms with van der Waals surface area (Å²) in [5.41, 5.74) is -0.0464. The van der Waals surface area contributed by atoms with Gasteiger partial charge in [-0.2, -0.15) is 8.78 Å². The quantitative estimate of drug-likeness (QED) is 0.756. The van der Waals surface area contributed by atoms with Crippen LogP contribution in [0.4, 0.5) is 8.78 Å². The molecule has 0 radical (unpaired) electrons. The summed E-state index contributed by atoms with van der Waals surface area (Å²) < 4.78 is 52.0. The van der Waals surface area contributed by atoms with Crippen molar-refractivity contribution in [3.05, 3.63) is 29.8 Å². The summed E-state index contributed by atoms with van der Waals surface area (Å²) in [6.07, 6.45) is 0. The van der Waals surface area contributed by atoms with E-state index in [0.29, 0.717) is 6.54 Å². The highest BCUT2D eigenvalue weighted by molar-refractivity contribution is 7.91. The van der Waals surface area contributed by atoms with Crippen molar-refractivity contribution in [2.75, 3.05) is 13.2 Å². The number of carbonyl (C=O) groups is 2. The van der Waals surface area contributed by atoms with E-state index in [1.807, 2.05) is 13.8 Å². The molecule has 1 N–H and O–H groups in total. The van der Waals surface area contributed by atoms with Crippen LogP contribution in [0.1, 0.15) is 24.2 Å². The van der Waals surface area contributed by atoms with Crippen LogP contribution in [-0.2, 0) is 19.4 Å². The van der Waals surface area contributed by atoms with Crippen LogP contribution in [0, 0.1) is 5.92 Å². The van der Waals surface area contributed by atoms with Gasteiger partial charge in [0.25, 0.3) is 5.91 Å². The second-order valence-electron chi connectivity index (χ2n) is 5.10. The maximum absolute atomic E-state index is 12.4. The molecule has 6 nitrogen and oxygen atoms in total. The molecule has 0 bridgehead atoms. The first-order valence-corrected chi connectivity index (χ1v) is 8.25. The minimum atomic E-state index is -4.71. The summed E-state index contributed by atoms with van der Waals surface area (Å²) in [5.74, 6) is -4.61. The van der Waals surface area contributed by atoms with Gasteiger partial charge in [-0.15, -0.1) is 0 Å². The molecular weight excluding hydrogens is 332 g/mol. The van der Waals surface area contributed by atoms with Crippen molar-refractivity contribution in [2.45, 2.75) is 24.5 Å². The summed E-state index contributed by atoms with van der Waals surface area (Å²) in [6, 6.07) is 3.86. The molecule has 128 valence electrons. The minimum absolute atomic E-state index is 0.0464. The van der Waals surface area contributed by atoms with E-state index in [9.17, 15) is 26.8 Å². The molecule has 0 saturated heterocycles. The van der Waals surface area contributed by atoms with Crippen LogP contribution in [0.15, 0.2) is 29.2 Å². The first-order chi connectivity index (χ1) is 10.6. The van der Waals surface area contributed by atoms with Gasteiger partial charge in [0.1, 0.15) is 0 Å². The van der Waals surface area contributed by atoms with Crippen LogP contribution in [0.3, 0.4) is 0 Å². The van der Waals surface area contributed by atoms with Crippen molar-refractivity contribution in [2.24, 2.45) is 5.92 Å². The largest absolute Gasteiger partial charge is 0.452 e. The van der Waals surface area contributed by atoms with Gasteiger partial charge in [0, 0.05) is 6.54 Å². The fraction of sp³-hybridized carbons (Fsp3) is 0.429. The number of hydrogen-bond acceptors (Lipinski definition) is 5. The Morgan fingerprint density at radius 3 is 2.22 bits per heavy atom. The zero-order chi connectivity index (χ0) is 17.6. The molecule has 1 aromatic carbocycles. The molecule has 1 amide bonds. The van der Waals surface area contributed by atoms with E-state index >= 15 is 0 Å². The average molecular weight is 349 g/mol. The van der Waals surface area contributed by atoms with E-state index in [1.165, 1.54) is 0 Å². The summed E-state index contributed by atoms with van der Waals surface area (Å²) in [6.45, 7) is 3.77. The molecule has 1 rings (SSSR count). The molecule has 9 heteroatoms. The molecule has 1 aromatic rings. The lowest BCUT2D eigenvalue weighted by Gasteiger charge is -2.08. The fourth-order valence-corrected chi connectivity index (χ4v) is 2.19. The number of carbonyl (C=O) groups excluding carboxylic acids is 2. The molecule has 0 heterocycles. The highest BCUT2D eigenvalue weighted by Gasteiger charge is 2.26. The van der Waals surface area contributed by atoms with Crippen LogP contribution < -0.4 is 5.32 Å². The number of esters is 1. The van der Waals surface area contributed by atoms with Crippen molar-refractivity contribution < 1.29 is 31.5 Å². The van der Waals surface area contributed by atoms with Crippen LogP contribution in [0.2, 0.25) is 0 Å². The summed E-state index contributed by atoms with van der Waals surface area (Å²) >= 11 is 0. The monoisotopic (exact) mass is 349 g/mol. The van der Waals surface area contributed by atoms with Gasteiger partial charge < -0.3 is 10.1 Å². The number of amides is 1. The van der Waals surface area contributed by atoms with Crippen molar-refractivity contribution in [3.8, 4) is 0 Å². The van der Waals surface area contributed by atoms with E-state index in [1.54, 1.807) is 0 Å². The molecule has 0 aromatic heterocycles. The second-order valence-corrected chi connectivity index (χ2v) is 7.02. The summed E-state index contributed by atoms with van der Waals surface area (Å²) in [5, 5.41) is 2.55. The van der Waals surface area contributed by atoms with Gasteiger partial charge in [0.15, 0.2) is 6.61 Å². The smallest absolute Gasteiger partial charge is 0.341 e. The van der Waals surface area contributed by atoms with Gasteiger partial charge in [-0.1, -0.05) is 13.8 Å². The van der Waals surface area contributed by atoms with E-state index in [2.05, 4.69) is 5.32 Å². The van der Waals surface area contributed by atoms with Gasteiger partial charge >= 0.3 is 11.7 Å². The summed E-state index contributed by atoms with van der Waals surface area (Å²) in [7, 11) is -4.71. The lowest BCUT2D eigenvalue weighted by atomic mass is 10.2. The van der Waals surface area contributed by atoms with Crippen LogP contribution >= 0.6 is 0 Å². The molecule has 0 aliphatic heterocycles. The molecule has 0 saturated carbocycles. The normalized spacial score (nSPS) is 11.6. The highest BCUT2D eigenvalue weighted by atomic mass is 32.2. The zero-order valence-electron chi connectivity index (χ0n) is 12.6. The van der Waals surface area contributed by atoms with Crippen LogP contribution in [-0.4, -0.2) is 39.2 Å². The third kappa shape index (κ3) is 5.59. The van der Waals surface area contributed by atoms with E-state index in [4.69, 9.17) is 4.74 Å². The standard InChI is InChI=1S/C14H17F2NO5S/c1-9(2)7-17-12(18)8-22-13(19)10-3-5-11(6-4-10)23(20,21)14(15)16/h3-6,9,14H,7-8H2,1-2H3,(H,17,18). The predicted octanol–water partition coefficient (Wildman–Crippen LogP) is 1.61. The Balaban J connectivity index is 2.63. The number of sulfone groups is 1. The molecule has 0 unspecified atom stereocenters. The third-order valence-electron chi connectivity index (χ3n) is 2.69. The number of rotatable bonds is 7. The predicted molar refractivity (Wildman–Crippen MR) is 77.8 cm³/mol. The SMILES string of the molecule is CC(C)CNC(=O)COC(=O)c1ccc(S(=O)(=O)C(F)F)cc1. The van der Waals surface area contributed by atoms with E-state index in [0.717, 1.165) is 24.3 Å². The first kappa shape index (κ1) is 19.0. The molecule has 0 spiro atoms. The lowest BCUT2D eigenvalue weighted by molar-refractivity contribution is -0.124. The topological polar surface area (TPSA) is 89.5 Å². The zero-order valence-corrected chi connectivity index (χ0v) is 13.4. The summed E-state index contributed by atoms with van der Waals surface area (Å²) in [4.78, 5) is 22.5. The van der Waals surface area contributed by atoms with Gasteiger partial charge in [-0.25, -0.2) is 13.2 Å². The Morgan fingerprint density at radius 1 is 1.17 bits per heavy atom. The molecule has 0 fully saturated rings. The van der Waals surface area contributed by atoms with E-state index in [-0.39, 0.29) is 11.5 Å². The van der Waals surface area contributed by atoms with Crippen molar-refractivity contribution in [1.29, 1.82) is 0 Å². The first-order valence-electron chi connectivity index (χ1n) is 6.70. The van der Waals surface area contributed by atoms with Crippen molar-refractivity contribution >= 4 is 21.7 Å². The Kier molecular flexibility index (Phi) is 6.62. The minimum Gasteiger partial charge on any atom is -0.452 e. The number of benzene rings is 1. The molecule has 0 aliphatic rings. The Labute approximate surface area is 132 Å². The van der Waals surface area contributed by atoms with Crippen molar-refractivity contribution in [3.63, 3.8) is 0 Å². The molecule has 0 atom stereocenters. The number of alkyl halides is 2. The third-order valence-corrected chi connectivity index (χ3v) is 4.09. The number of hydrogen-bond donors (Lipinski definition) is 1. The Bertz CT molecular complexity index is 656. The molecule has 23 heavy (non-hydrogen) atoms. The van der Waals surface area contributed by atoms with E-state index < -0.39 is 39.0 Å². The fourth-order valence-electron chi connectivity index (χ4n) is 1.47. The Hall–Kier alpha value is -2.03. The van der Waals surface area contributed by atoms with Crippen LogP contribution in [0.5, 0.6) is 0 Å². The number of halogens is 2. The molecule has 0 aliphatic carbocycles. The number of ether oxygens (including phenoxy) is 1. The highest BCUT2D eigenvalue weighted by Crippen LogP contribution is 2.18. The second kappa shape index (κ2) is 8.00. The lowest BCUT2D eigenvalue weighted by Crippen LogP contribution is -2.31. The van der Waals surface area contributed by atoms with Gasteiger partial charge in [-0.3, -0.25) is 4.79 Å². The van der Waals surface area contributed by atoms with Gasteiger partial charge in [0.05, 0.1) is 10.5 Å². The maximum atomic E-state index is 12.4. The number of nitrogens with one attached hydrogen (secondary N) is 1. The van der Waals surface area contributed by atoms with Crippen molar-refractivity contribution in [1.82, 2.24) is 5.32 Å². The van der Waals surface area contributed by atoms with Gasteiger partial charge in [-0.05, 0) is 30.2 Å². The van der Waals surface area contributed by atoms with Crippen LogP contribution in [0.25, 0.3) is 0 Å². The molecular formula is C14H17F2NO5S. The Morgan fingerprint density at radius 2 is 1.74 bits per heavy atom. The maximum Gasteiger partial charge on any atom is 0.341 e. The average Bonchev–Trinajstić information content (AvgIpc) is 2.50. The van der Waals surface area contributed by atoms with Gasteiger partial charge in [0.2, 0.25) is 9.84 Å².